The van der Waals surface area contributed by atoms with E-state index >= 15 is 0 Å². The summed E-state index contributed by atoms with van der Waals surface area (Å²) in [4.78, 5) is 12.2. The summed E-state index contributed by atoms with van der Waals surface area (Å²) in [6.07, 6.45) is 1.50. The summed E-state index contributed by atoms with van der Waals surface area (Å²) >= 11 is 0. The van der Waals surface area contributed by atoms with Gasteiger partial charge in [0.05, 0.1) is 24.9 Å². The van der Waals surface area contributed by atoms with Crippen LogP contribution in [-0.4, -0.2) is 24.7 Å². The fourth-order valence-electron chi connectivity index (χ4n) is 2.31. The Balaban J connectivity index is 2.02. The topological polar surface area (TPSA) is 71.7 Å². The Hall–Kier alpha value is -2.11. The van der Waals surface area contributed by atoms with Crippen molar-refractivity contribution in [3.8, 4) is 0 Å². The Morgan fingerprint density at radius 1 is 1.32 bits per heavy atom. The molecule has 0 saturated heterocycles. The molecule has 0 aliphatic heterocycles. The number of nitrogens with one attached hydrogen (secondary N) is 1. The molecule has 2 atom stereocenters. The third-order valence-corrected chi connectivity index (χ3v) is 3.46. The van der Waals surface area contributed by atoms with Crippen LogP contribution in [-0.2, 0) is 15.1 Å². The second-order valence-corrected chi connectivity index (χ2v) is 5.41. The van der Waals surface area contributed by atoms with Crippen LogP contribution in [0.2, 0.25) is 0 Å². The lowest BCUT2D eigenvalue weighted by Crippen LogP contribution is -2.36. The summed E-state index contributed by atoms with van der Waals surface area (Å²) < 4.78 is 10.4. The zero-order valence-electron chi connectivity index (χ0n) is 12.8. The van der Waals surface area contributed by atoms with Gasteiger partial charge in [-0.2, -0.15) is 0 Å². The minimum atomic E-state index is -1.23. The molecule has 0 bridgehead atoms. The fraction of sp³-hybridized carbons (Fsp3) is 0.353. The van der Waals surface area contributed by atoms with Crippen molar-refractivity contribution in [2.75, 3.05) is 13.7 Å². The number of rotatable bonds is 7. The van der Waals surface area contributed by atoms with Crippen LogP contribution in [0.5, 0.6) is 0 Å². The number of methoxy groups -OCH3 is 1. The van der Waals surface area contributed by atoms with Crippen molar-refractivity contribution in [3.05, 3.63) is 60.1 Å². The zero-order valence-corrected chi connectivity index (χ0v) is 12.8. The van der Waals surface area contributed by atoms with E-state index in [4.69, 9.17) is 9.15 Å². The molecular weight excluding hydrogens is 282 g/mol. The van der Waals surface area contributed by atoms with Gasteiger partial charge in [0, 0.05) is 7.11 Å². The highest BCUT2D eigenvalue weighted by Gasteiger charge is 2.28. The van der Waals surface area contributed by atoms with E-state index in [0.29, 0.717) is 17.9 Å². The highest BCUT2D eigenvalue weighted by Crippen LogP contribution is 2.24. The van der Waals surface area contributed by atoms with Gasteiger partial charge >= 0.3 is 0 Å². The molecule has 1 amide bonds. The molecule has 1 aromatic carbocycles. The minimum Gasteiger partial charge on any atom is -0.467 e. The van der Waals surface area contributed by atoms with Crippen LogP contribution in [0.1, 0.15) is 30.7 Å². The Kier molecular flexibility index (Phi) is 5.35. The number of aliphatic hydroxyl groups is 1. The molecule has 0 fully saturated rings. The Labute approximate surface area is 129 Å². The summed E-state index contributed by atoms with van der Waals surface area (Å²) in [5, 5.41) is 13.3. The van der Waals surface area contributed by atoms with Crippen molar-refractivity contribution in [1.29, 1.82) is 0 Å². The van der Waals surface area contributed by atoms with Gasteiger partial charge in [-0.25, -0.2) is 0 Å². The number of carbonyl (C=O) groups is 1. The molecule has 0 aliphatic rings. The molecule has 2 N–H and O–H groups in total. The number of furan rings is 1. The van der Waals surface area contributed by atoms with Crippen LogP contribution in [0.4, 0.5) is 0 Å². The lowest BCUT2D eigenvalue weighted by Gasteiger charge is -2.24. The van der Waals surface area contributed by atoms with Gasteiger partial charge in [-0.15, -0.1) is 0 Å². The molecular formula is C17H21NO4. The summed E-state index contributed by atoms with van der Waals surface area (Å²) in [6.45, 7) is 1.92. The fourth-order valence-corrected chi connectivity index (χ4v) is 2.31. The maximum atomic E-state index is 12.2. The average molecular weight is 303 g/mol. The lowest BCUT2D eigenvalue weighted by atomic mass is 9.92. The molecule has 5 heteroatoms. The van der Waals surface area contributed by atoms with E-state index < -0.39 is 5.60 Å². The Morgan fingerprint density at radius 3 is 2.64 bits per heavy atom. The number of hydrogen-bond acceptors (Lipinski definition) is 4. The molecule has 1 aromatic heterocycles. The lowest BCUT2D eigenvalue weighted by molar-refractivity contribution is -0.127. The second kappa shape index (κ2) is 7.24. The van der Waals surface area contributed by atoms with E-state index in [1.165, 1.54) is 0 Å². The second-order valence-electron chi connectivity index (χ2n) is 5.41. The molecule has 1 heterocycles. The zero-order chi connectivity index (χ0) is 16.0. The summed E-state index contributed by atoms with van der Waals surface area (Å²) in [6, 6.07) is 12.3. The van der Waals surface area contributed by atoms with Crippen LogP contribution < -0.4 is 5.32 Å². The van der Waals surface area contributed by atoms with Crippen LogP contribution in [0.3, 0.4) is 0 Å². The van der Waals surface area contributed by atoms with Crippen LogP contribution in [0.15, 0.2) is 53.1 Å². The molecule has 0 aliphatic carbocycles. The van der Waals surface area contributed by atoms with Crippen LogP contribution >= 0.6 is 0 Å². The first-order chi connectivity index (χ1) is 10.5. The first kappa shape index (κ1) is 16.3. The standard InChI is InChI=1S/C17H21NO4/c1-17(20,13-7-4-3-5-8-13)11-16(19)18-14(12-21-2)15-9-6-10-22-15/h3-10,14,20H,11-12H2,1-2H3,(H,18,19). The van der Waals surface area contributed by atoms with Crippen LogP contribution in [0.25, 0.3) is 0 Å². The molecule has 5 nitrogen and oxygen atoms in total. The van der Waals surface area contributed by atoms with Gasteiger partial charge in [0.25, 0.3) is 0 Å². The Morgan fingerprint density at radius 2 is 2.05 bits per heavy atom. The predicted octanol–water partition coefficient (Wildman–Crippen LogP) is 2.38. The maximum Gasteiger partial charge on any atom is 0.223 e. The van der Waals surface area contributed by atoms with Crippen LogP contribution in [0, 0.1) is 0 Å². The third-order valence-electron chi connectivity index (χ3n) is 3.46. The first-order valence-electron chi connectivity index (χ1n) is 7.12. The number of ether oxygens (including phenoxy) is 1. The molecule has 0 radical (unpaired) electrons. The summed E-state index contributed by atoms with van der Waals surface area (Å²) in [7, 11) is 1.56. The molecule has 22 heavy (non-hydrogen) atoms. The van der Waals surface area contributed by atoms with E-state index in [1.54, 1.807) is 44.6 Å². The number of carbonyl (C=O) groups excluding carboxylic acids is 1. The smallest absolute Gasteiger partial charge is 0.223 e. The largest absolute Gasteiger partial charge is 0.467 e. The number of hydrogen-bond donors (Lipinski definition) is 2. The van der Waals surface area contributed by atoms with Crippen molar-refractivity contribution < 1.29 is 19.1 Å². The van der Waals surface area contributed by atoms with Gasteiger partial charge in [0.1, 0.15) is 11.8 Å². The first-order valence-corrected chi connectivity index (χ1v) is 7.12. The summed E-state index contributed by atoms with van der Waals surface area (Å²) in [5.74, 6) is 0.349. The van der Waals surface area contributed by atoms with E-state index in [-0.39, 0.29) is 18.4 Å². The van der Waals surface area contributed by atoms with Crippen molar-refractivity contribution in [3.63, 3.8) is 0 Å². The number of benzene rings is 1. The maximum absolute atomic E-state index is 12.2. The van der Waals surface area contributed by atoms with E-state index in [1.807, 2.05) is 18.2 Å². The monoisotopic (exact) mass is 303 g/mol. The molecule has 2 rings (SSSR count). The van der Waals surface area contributed by atoms with Crippen molar-refractivity contribution in [2.45, 2.75) is 25.0 Å². The highest BCUT2D eigenvalue weighted by molar-refractivity contribution is 5.77. The van der Waals surface area contributed by atoms with E-state index in [2.05, 4.69) is 5.32 Å². The van der Waals surface area contributed by atoms with Gasteiger partial charge in [-0.1, -0.05) is 30.3 Å². The van der Waals surface area contributed by atoms with E-state index in [9.17, 15) is 9.90 Å². The van der Waals surface area contributed by atoms with Gasteiger partial charge in [-0.3, -0.25) is 4.79 Å². The van der Waals surface area contributed by atoms with Gasteiger partial charge < -0.3 is 19.6 Å². The third kappa shape index (κ3) is 4.19. The van der Waals surface area contributed by atoms with E-state index in [0.717, 1.165) is 0 Å². The molecule has 118 valence electrons. The summed E-state index contributed by atoms with van der Waals surface area (Å²) in [5.41, 5.74) is -0.530. The average Bonchev–Trinajstić information content (AvgIpc) is 3.01. The SMILES string of the molecule is COCC(NC(=O)CC(C)(O)c1ccccc1)c1ccco1. The van der Waals surface area contributed by atoms with Gasteiger partial charge in [0.2, 0.25) is 5.91 Å². The predicted molar refractivity (Wildman–Crippen MR) is 82.1 cm³/mol. The van der Waals surface area contributed by atoms with Crippen molar-refractivity contribution in [1.82, 2.24) is 5.32 Å². The molecule has 0 spiro atoms. The molecule has 2 aromatic rings. The quantitative estimate of drug-likeness (QED) is 0.824. The van der Waals surface area contributed by atoms with Gasteiger partial charge in [-0.05, 0) is 24.6 Å². The molecule has 0 saturated carbocycles. The Bertz CT molecular complexity index is 578. The van der Waals surface area contributed by atoms with Gasteiger partial charge in [0.15, 0.2) is 0 Å². The van der Waals surface area contributed by atoms with Crippen molar-refractivity contribution in [2.24, 2.45) is 0 Å². The molecule has 2 unspecified atom stereocenters. The number of amides is 1. The normalized spacial score (nSPS) is 15.0. The van der Waals surface area contributed by atoms with Crippen molar-refractivity contribution >= 4 is 5.91 Å². The highest BCUT2D eigenvalue weighted by atomic mass is 16.5. The minimum absolute atomic E-state index is 0.0437.